The van der Waals surface area contributed by atoms with E-state index in [0.717, 1.165) is 36.5 Å². The van der Waals surface area contributed by atoms with Crippen LogP contribution >= 0.6 is 0 Å². The van der Waals surface area contributed by atoms with Crippen LogP contribution in [0.4, 0.5) is 0 Å². The summed E-state index contributed by atoms with van der Waals surface area (Å²) in [4.78, 5) is 13.9. The van der Waals surface area contributed by atoms with E-state index in [9.17, 15) is 4.79 Å². The Morgan fingerprint density at radius 2 is 2.23 bits per heavy atom. The largest absolute Gasteiger partial charge is 0.455 e. The van der Waals surface area contributed by atoms with Gasteiger partial charge >= 0.3 is 0 Å². The third-order valence-electron chi connectivity index (χ3n) is 5.14. The zero-order chi connectivity index (χ0) is 18.5. The van der Waals surface area contributed by atoms with Crippen LogP contribution in [-0.2, 0) is 23.3 Å². The fraction of sp³-hybridized carbons (Fsp3) is 0.611. The molecular formula is C18H25N5O3. The van der Waals surface area contributed by atoms with E-state index >= 15 is 0 Å². The zero-order valence-electron chi connectivity index (χ0n) is 15.4. The van der Waals surface area contributed by atoms with Crippen LogP contribution in [0, 0.1) is 0 Å². The van der Waals surface area contributed by atoms with E-state index in [-0.39, 0.29) is 23.3 Å². The van der Waals surface area contributed by atoms with Gasteiger partial charge in [0.2, 0.25) is 0 Å². The van der Waals surface area contributed by atoms with Crippen LogP contribution < -0.4 is 5.73 Å². The summed E-state index contributed by atoms with van der Waals surface area (Å²) in [5.74, 6) is 0.502. The highest BCUT2D eigenvalue weighted by atomic mass is 16.5. The lowest BCUT2D eigenvalue weighted by atomic mass is 9.90. The van der Waals surface area contributed by atoms with Crippen molar-refractivity contribution < 1.29 is 13.9 Å². The van der Waals surface area contributed by atoms with Crippen molar-refractivity contribution in [3.05, 3.63) is 35.0 Å². The summed E-state index contributed by atoms with van der Waals surface area (Å²) < 4.78 is 13.7. The average Bonchev–Trinajstić information content (AvgIpc) is 3.21. The summed E-state index contributed by atoms with van der Waals surface area (Å²) >= 11 is 0. The summed E-state index contributed by atoms with van der Waals surface area (Å²) in [6, 6.07) is 1.95. The molecule has 0 spiro atoms. The normalized spacial score (nSPS) is 23.5. The van der Waals surface area contributed by atoms with Gasteiger partial charge in [0.05, 0.1) is 30.6 Å². The fourth-order valence-corrected chi connectivity index (χ4v) is 3.93. The molecular weight excluding hydrogens is 334 g/mol. The number of hydrogen-bond acceptors (Lipinski definition) is 6. The first-order valence-corrected chi connectivity index (χ1v) is 8.99. The highest BCUT2D eigenvalue weighted by Gasteiger charge is 2.37. The van der Waals surface area contributed by atoms with Crippen molar-refractivity contribution in [3.8, 4) is 0 Å². The second kappa shape index (κ2) is 6.21. The molecule has 4 rings (SSSR count). The van der Waals surface area contributed by atoms with E-state index in [1.54, 1.807) is 12.3 Å². The minimum atomic E-state index is -0.534. The number of furan rings is 1. The molecule has 2 atom stereocenters. The number of primary amides is 1. The van der Waals surface area contributed by atoms with Gasteiger partial charge < -0.3 is 14.9 Å². The van der Waals surface area contributed by atoms with Crippen LogP contribution in [0.15, 0.2) is 16.7 Å². The molecule has 1 fully saturated rings. The number of amides is 1. The number of piperidine rings is 1. The number of nitrogens with two attached hydrogens (primary N) is 1. The monoisotopic (exact) mass is 359 g/mol. The smallest absolute Gasteiger partial charge is 0.284 e. The van der Waals surface area contributed by atoms with Crippen LogP contribution in [0.3, 0.4) is 0 Å². The Balaban J connectivity index is 1.56. The van der Waals surface area contributed by atoms with E-state index in [4.69, 9.17) is 14.9 Å². The molecule has 26 heavy (non-hydrogen) atoms. The van der Waals surface area contributed by atoms with Crippen molar-refractivity contribution in [3.63, 3.8) is 0 Å². The molecule has 4 heterocycles. The Morgan fingerprint density at radius 1 is 1.42 bits per heavy atom. The summed E-state index contributed by atoms with van der Waals surface area (Å²) in [6.45, 7) is 9.24. The zero-order valence-corrected chi connectivity index (χ0v) is 15.4. The molecule has 2 aromatic rings. The molecule has 8 heteroatoms. The maximum absolute atomic E-state index is 11.6. The predicted molar refractivity (Wildman–Crippen MR) is 93.5 cm³/mol. The molecule has 0 bridgehead atoms. The van der Waals surface area contributed by atoms with Crippen molar-refractivity contribution in [2.45, 2.75) is 57.9 Å². The molecule has 0 aromatic carbocycles. The average molecular weight is 359 g/mol. The van der Waals surface area contributed by atoms with Crippen molar-refractivity contribution in [2.24, 2.45) is 5.73 Å². The van der Waals surface area contributed by atoms with Gasteiger partial charge in [0.1, 0.15) is 5.76 Å². The summed E-state index contributed by atoms with van der Waals surface area (Å²) in [6.07, 6.45) is 2.88. The Bertz CT molecular complexity index is 819. The molecule has 8 nitrogen and oxygen atoms in total. The van der Waals surface area contributed by atoms with Gasteiger partial charge in [0.15, 0.2) is 5.76 Å². The van der Waals surface area contributed by atoms with Gasteiger partial charge in [0.25, 0.3) is 5.91 Å². The molecule has 1 amide bonds. The van der Waals surface area contributed by atoms with Crippen LogP contribution in [0.5, 0.6) is 0 Å². The van der Waals surface area contributed by atoms with E-state index in [1.165, 1.54) is 0 Å². The summed E-state index contributed by atoms with van der Waals surface area (Å²) in [5.41, 5.74) is 7.25. The topological polar surface area (TPSA) is 99.4 Å². The summed E-state index contributed by atoms with van der Waals surface area (Å²) in [5, 5.41) is 8.27. The van der Waals surface area contributed by atoms with Gasteiger partial charge in [-0.2, -0.15) is 0 Å². The lowest BCUT2D eigenvalue weighted by Gasteiger charge is -2.41. The molecule has 2 aliphatic heterocycles. The number of hydrogen-bond donors (Lipinski definition) is 1. The molecule has 0 unspecified atom stereocenters. The Kier molecular flexibility index (Phi) is 4.11. The van der Waals surface area contributed by atoms with E-state index in [1.807, 2.05) is 4.68 Å². The quantitative estimate of drug-likeness (QED) is 0.894. The van der Waals surface area contributed by atoms with E-state index in [0.29, 0.717) is 13.2 Å². The molecule has 0 radical (unpaired) electrons. The first-order chi connectivity index (χ1) is 12.3. The summed E-state index contributed by atoms with van der Waals surface area (Å²) in [7, 11) is 0. The SMILES string of the molecule is CC(C)(C)c1oc(C(N)=O)cc1CN1CC[C@@H]2OCc3cnnn3[C@@H]2C1. The van der Waals surface area contributed by atoms with Gasteiger partial charge in [0, 0.05) is 30.6 Å². The second-order valence-electron chi connectivity index (χ2n) is 8.19. The van der Waals surface area contributed by atoms with Crippen LogP contribution in [0.1, 0.15) is 60.8 Å². The second-order valence-corrected chi connectivity index (χ2v) is 8.19. The number of likely N-dealkylation sites (tertiary alicyclic amines) is 1. The molecule has 2 N–H and O–H groups in total. The van der Waals surface area contributed by atoms with E-state index < -0.39 is 5.91 Å². The van der Waals surface area contributed by atoms with Gasteiger partial charge in [-0.15, -0.1) is 5.10 Å². The third kappa shape index (κ3) is 3.03. The number of fused-ring (bicyclic) bond motifs is 3. The maximum Gasteiger partial charge on any atom is 0.284 e. The minimum Gasteiger partial charge on any atom is -0.455 e. The van der Waals surface area contributed by atoms with Gasteiger partial charge in [-0.3, -0.25) is 9.69 Å². The lowest BCUT2D eigenvalue weighted by Crippen LogP contribution is -2.47. The standard InChI is InChI=1S/C18H25N5O3/c1-18(2,3)16-11(6-15(26-16)17(19)24)8-22-5-4-14-13(9-22)23-12(10-25-14)7-20-21-23/h6-7,13-14H,4-5,8-10H2,1-3H3,(H2,19,24)/t13-,14+/m1/s1. The number of rotatable bonds is 3. The number of nitrogens with zero attached hydrogens (tertiary/aromatic N) is 4. The van der Waals surface area contributed by atoms with Crippen LogP contribution in [0.2, 0.25) is 0 Å². The van der Waals surface area contributed by atoms with Gasteiger partial charge in [-0.05, 0) is 12.5 Å². The maximum atomic E-state index is 11.6. The lowest BCUT2D eigenvalue weighted by molar-refractivity contribution is -0.0670. The first-order valence-electron chi connectivity index (χ1n) is 8.99. The third-order valence-corrected chi connectivity index (χ3v) is 5.14. The highest BCUT2D eigenvalue weighted by molar-refractivity contribution is 5.90. The van der Waals surface area contributed by atoms with Crippen LogP contribution in [-0.4, -0.2) is 45.0 Å². The minimum absolute atomic E-state index is 0.163. The predicted octanol–water partition coefficient (Wildman–Crippen LogP) is 1.61. The Morgan fingerprint density at radius 3 is 2.96 bits per heavy atom. The molecule has 0 aliphatic carbocycles. The molecule has 2 aromatic heterocycles. The van der Waals surface area contributed by atoms with Crippen molar-refractivity contribution in [1.82, 2.24) is 19.9 Å². The highest BCUT2D eigenvalue weighted by Crippen LogP contribution is 2.33. The number of ether oxygens (including phenoxy) is 1. The first kappa shape index (κ1) is 17.2. The number of aromatic nitrogens is 3. The number of carbonyl (C=O) groups is 1. The molecule has 0 saturated carbocycles. The Hall–Kier alpha value is -2.19. The number of carbonyl (C=O) groups excluding carboxylic acids is 1. The van der Waals surface area contributed by atoms with Gasteiger partial charge in [-0.1, -0.05) is 26.0 Å². The molecule has 140 valence electrons. The van der Waals surface area contributed by atoms with Crippen molar-refractivity contribution >= 4 is 5.91 Å². The van der Waals surface area contributed by atoms with Gasteiger partial charge in [-0.25, -0.2) is 4.68 Å². The van der Waals surface area contributed by atoms with Crippen molar-refractivity contribution in [1.29, 1.82) is 0 Å². The molecule has 2 aliphatic rings. The fourth-order valence-electron chi connectivity index (χ4n) is 3.93. The van der Waals surface area contributed by atoms with Crippen LogP contribution in [0.25, 0.3) is 0 Å². The van der Waals surface area contributed by atoms with E-state index in [2.05, 4.69) is 36.0 Å². The molecule has 1 saturated heterocycles. The van der Waals surface area contributed by atoms with Crippen molar-refractivity contribution in [2.75, 3.05) is 13.1 Å². The Labute approximate surface area is 152 Å².